The molecule has 2 N–H and O–H groups in total. The van der Waals surface area contributed by atoms with Crippen molar-refractivity contribution in [3.05, 3.63) is 88.7 Å². The van der Waals surface area contributed by atoms with E-state index in [1.807, 2.05) is 12.3 Å². The van der Waals surface area contributed by atoms with Gasteiger partial charge in [0, 0.05) is 50.3 Å². The predicted octanol–water partition coefficient (Wildman–Crippen LogP) is 5.34. The lowest BCUT2D eigenvalue weighted by atomic mass is 10.1. The average molecular weight is 403 g/mol. The zero-order valence-electron chi connectivity index (χ0n) is 18.7. The van der Waals surface area contributed by atoms with Crippen LogP contribution in [0.5, 0.6) is 0 Å². The summed E-state index contributed by atoms with van der Waals surface area (Å²) in [7, 11) is 0. The summed E-state index contributed by atoms with van der Waals surface area (Å²) < 4.78 is 0. The molecule has 1 heterocycles. The van der Waals surface area contributed by atoms with Gasteiger partial charge in [-0.1, -0.05) is 41.5 Å². The van der Waals surface area contributed by atoms with E-state index in [1.54, 1.807) is 0 Å². The number of pyridine rings is 1. The minimum absolute atomic E-state index is 0.851. The number of nitrogens with one attached hydrogen (secondary N) is 2. The molecule has 1 aromatic heterocycles. The minimum Gasteiger partial charge on any atom is -0.384 e. The van der Waals surface area contributed by atoms with Crippen LogP contribution in [0.25, 0.3) is 0 Å². The maximum absolute atomic E-state index is 4.52. The number of benzene rings is 2. The molecule has 0 radical (unpaired) electrons. The number of rotatable bonds is 10. The van der Waals surface area contributed by atoms with E-state index < -0.39 is 0 Å². The average Bonchev–Trinajstić information content (AvgIpc) is 2.72. The van der Waals surface area contributed by atoms with Crippen molar-refractivity contribution in [2.45, 2.75) is 34.2 Å². The van der Waals surface area contributed by atoms with Crippen LogP contribution in [0.15, 0.2) is 60.8 Å². The van der Waals surface area contributed by atoms with Gasteiger partial charge in [-0.3, -0.25) is 9.88 Å². The van der Waals surface area contributed by atoms with Crippen molar-refractivity contribution in [3.8, 4) is 0 Å². The molecule has 0 fully saturated rings. The fraction of sp³-hybridized carbons (Fsp3) is 0.346. The summed E-state index contributed by atoms with van der Waals surface area (Å²) in [5.74, 6) is 0. The summed E-state index contributed by atoms with van der Waals surface area (Å²) in [4.78, 5) is 6.97. The fourth-order valence-electron chi connectivity index (χ4n) is 3.71. The molecule has 30 heavy (non-hydrogen) atoms. The van der Waals surface area contributed by atoms with Gasteiger partial charge in [-0.15, -0.1) is 0 Å². The van der Waals surface area contributed by atoms with Crippen molar-refractivity contribution in [3.63, 3.8) is 0 Å². The molecule has 158 valence electrons. The van der Waals surface area contributed by atoms with Crippen LogP contribution in [0.4, 0.5) is 11.4 Å². The molecule has 3 aromatic rings. The number of anilines is 2. The number of aromatic nitrogens is 1. The zero-order chi connectivity index (χ0) is 21.3. The number of nitrogens with zero attached hydrogens (tertiary/aromatic N) is 2. The van der Waals surface area contributed by atoms with Gasteiger partial charge in [-0.25, -0.2) is 0 Å². The molecule has 4 nitrogen and oxygen atoms in total. The van der Waals surface area contributed by atoms with E-state index in [1.165, 1.54) is 33.6 Å². The molecule has 0 saturated heterocycles. The maximum Gasteiger partial charge on any atom is 0.0543 e. The lowest BCUT2D eigenvalue weighted by Gasteiger charge is -2.23. The van der Waals surface area contributed by atoms with Crippen LogP contribution >= 0.6 is 0 Å². The van der Waals surface area contributed by atoms with Gasteiger partial charge in [0.25, 0.3) is 0 Å². The monoisotopic (exact) mass is 402 g/mol. The van der Waals surface area contributed by atoms with E-state index in [4.69, 9.17) is 0 Å². The van der Waals surface area contributed by atoms with E-state index in [0.29, 0.717) is 0 Å². The molecule has 0 atom stereocenters. The third kappa shape index (κ3) is 6.60. The van der Waals surface area contributed by atoms with Crippen LogP contribution in [-0.4, -0.2) is 36.1 Å². The Morgan fingerprint density at radius 3 is 1.77 bits per heavy atom. The summed E-state index contributed by atoms with van der Waals surface area (Å²) in [6.45, 7) is 13.2. The Balaban J connectivity index is 1.56. The third-order valence-corrected chi connectivity index (χ3v) is 5.36. The van der Waals surface area contributed by atoms with Crippen molar-refractivity contribution < 1.29 is 0 Å². The highest BCUT2D eigenvalue weighted by atomic mass is 15.2. The van der Waals surface area contributed by atoms with Crippen LogP contribution in [-0.2, 0) is 6.54 Å². The molecule has 0 amide bonds. The molecule has 0 aliphatic rings. The Hall–Kier alpha value is -2.85. The van der Waals surface area contributed by atoms with Gasteiger partial charge in [0.15, 0.2) is 0 Å². The lowest BCUT2D eigenvalue weighted by molar-refractivity contribution is 0.283. The normalized spacial score (nSPS) is 11.0. The lowest BCUT2D eigenvalue weighted by Crippen LogP contribution is -2.33. The molecule has 0 spiro atoms. The smallest absolute Gasteiger partial charge is 0.0543 e. The number of hydrogen-bond acceptors (Lipinski definition) is 4. The van der Waals surface area contributed by atoms with Crippen LogP contribution < -0.4 is 10.6 Å². The summed E-state index contributed by atoms with van der Waals surface area (Å²) in [5.41, 5.74) is 8.72. The molecule has 4 heteroatoms. The molecule has 0 unspecified atom stereocenters. The predicted molar refractivity (Wildman–Crippen MR) is 128 cm³/mol. The largest absolute Gasteiger partial charge is 0.384 e. The van der Waals surface area contributed by atoms with Crippen LogP contribution in [0.3, 0.4) is 0 Å². The first-order valence-corrected chi connectivity index (χ1v) is 10.8. The van der Waals surface area contributed by atoms with E-state index in [2.05, 4.69) is 96.7 Å². The second kappa shape index (κ2) is 10.8. The second-order valence-corrected chi connectivity index (χ2v) is 8.09. The Kier molecular flexibility index (Phi) is 7.86. The van der Waals surface area contributed by atoms with Crippen LogP contribution in [0.2, 0.25) is 0 Å². The Bertz CT molecular complexity index is 880. The topological polar surface area (TPSA) is 40.2 Å². The maximum atomic E-state index is 4.52. The standard InChI is InChI=1S/C26H34N4/c1-20-8-10-25(22(3)17-20)28-13-15-30(19-24-7-5-6-12-27-24)16-14-29-26-11-9-21(2)18-23(26)4/h5-12,17-18,28-29H,13-16,19H2,1-4H3. The van der Waals surface area contributed by atoms with E-state index in [-0.39, 0.29) is 0 Å². The van der Waals surface area contributed by atoms with Gasteiger partial charge >= 0.3 is 0 Å². The van der Waals surface area contributed by atoms with Gasteiger partial charge in [0.2, 0.25) is 0 Å². The van der Waals surface area contributed by atoms with Crippen LogP contribution in [0, 0.1) is 27.7 Å². The molecule has 0 aliphatic carbocycles. The van der Waals surface area contributed by atoms with Crippen molar-refractivity contribution in [1.29, 1.82) is 0 Å². The summed E-state index contributed by atoms with van der Waals surface area (Å²) >= 11 is 0. The second-order valence-electron chi connectivity index (χ2n) is 8.09. The zero-order valence-corrected chi connectivity index (χ0v) is 18.7. The summed E-state index contributed by atoms with van der Waals surface area (Å²) in [5, 5.41) is 7.19. The van der Waals surface area contributed by atoms with Crippen molar-refractivity contribution in [2.75, 3.05) is 36.8 Å². The molecule has 0 aliphatic heterocycles. The quantitative estimate of drug-likeness (QED) is 0.480. The molecule has 3 rings (SSSR count). The van der Waals surface area contributed by atoms with Gasteiger partial charge < -0.3 is 10.6 Å². The van der Waals surface area contributed by atoms with E-state index in [9.17, 15) is 0 Å². The van der Waals surface area contributed by atoms with Gasteiger partial charge in [-0.05, 0) is 63.1 Å². The number of aryl methyl sites for hydroxylation is 4. The molecular formula is C26H34N4. The number of hydrogen-bond donors (Lipinski definition) is 2. The summed E-state index contributed by atoms with van der Waals surface area (Å²) in [6, 6.07) is 19.2. The van der Waals surface area contributed by atoms with E-state index in [0.717, 1.165) is 38.4 Å². The molecular weight excluding hydrogens is 368 g/mol. The minimum atomic E-state index is 0.851. The van der Waals surface area contributed by atoms with Crippen molar-refractivity contribution >= 4 is 11.4 Å². The van der Waals surface area contributed by atoms with Gasteiger partial charge in [-0.2, -0.15) is 0 Å². The molecule has 0 bridgehead atoms. The Morgan fingerprint density at radius 1 is 0.733 bits per heavy atom. The Morgan fingerprint density at radius 2 is 1.30 bits per heavy atom. The first-order chi connectivity index (χ1) is 14.5. The van der Waals surface area contributed by atoms with Crippen molar-refractivity contribution in [1.82, 2.24) is 9.88 Å². The van der Waals surface area contributed by atoms with Gasteiger partial charge in [0.1, 0.15) is 0 Å². The third-order valence-electron chi connectivity index (χ3n) is 5.36. The van der Waals surface area contributed by atoms with E-state index >= 15 is 0 Å². The Labute approximate surface area is 181 Å². The molecule has 0 saturated carbocycles. The highest BCUT2D eigenvalue weighted by Gasteiger charge is 2.08. The first kappa shape index (κ1) is 21.8. The fourth-order valence-corrected chi connectivity index (χ4v) is 3.71. The van der Waals surface area contributed by atoms with Gasteiger partial charge in [0.05, 0.1) is 5.69 Å². The highest BCUT2D eigenvalue weighted by Crippen LogP contribution is 2.17. The van der Waals surface area contributed by atoms with Crippen LogP contribution in [0.1, 0.15) is 27.9 Å². The van der Waals surface area contributed by atoms with Crippen molar-refractivity contribution in [2.24, 2.45) is 0 Å². The summed E-state index contributed by atoms with van der Waals surface area (Å²) in [6.07, 6.45) is 1.87. The SMILES string of the molecule is Cc1ccc(NCCN(CCNc2ccc(C)cc2C)Cc2ccccn2)c(C)c1. The highest BCUT2D eigenvalue weighted by molar-refractivity contribution is 5.52. The first-order valence-electron chi connectivity index (χ1n) is 10.8. The molecule has 2 aromatic carbocycles.